The van der Waals surface area contributed by atoms with Crippen molar-refractivity contribution >= 4 is 22.5 Å². The van der Waals surface area contributed by atoms with Crippen LogP contribution in [0.2, 0.25) is 5.02 Å². The van der Waals surface area contributed by atoms with Gasteiger partial charge in [0.2, 0.25) is 0 Å². The van der Waals surface area contributed by atoms with E-state index in [4.69, 9.17) is 16.9 Å². The molecule has 1 unspecified atom stereocenters. The monoisotopic (exact) mass is 247 g/mol. The molecule has 2 aromatic rings. The molecule has 17 heavy (non-hydrogen) atoms. The van der Waals surface area contributed by atoms with E-state index in [0.29, 0.717) is 6.54 Å². The first-order chi connectivity index (χ1) is 8.20. The van der Waals surface area contributed by atoms with Crippen LogP contribution in [0.5, 0.6) is 0 Å². The maximum absolute atomic E-state index is 8.68. The van der Waals surface area contributed by atoms with Crippen LogP contribution < -0.4 is 5.32 Å². The summed E-state index contributed by atoms with van der Waals surface area (Å²) in [6.45, 7) is 3.37. The summed E-state index contributed by atoms with van der Waals surface area (Å²) in [5.41, 5.74) is 2.24. The minimum absolute atomic E-state index is 0.0367. The highest BCUT2D eigenvalue weighted by Crippen LogP contribution is 2.21. The lowest BCUT2D eigenvalue weighted by Gasteiger charge is -2.04. The molecule has 0 aliphatic rings. The molecule has 0 saturated heterocycles. The number of aromatic amines is 1. The van der Waals surface area contributed by atoms with Gasteiger partial charge in [-0.2, -0.15) is 5.26 Å². The van der Waals surface area contributed by atoms with Crippen molar-refractivity contribution in [1.82, 2.24) is 10.3 Å². The number of rotatable bonds is 4. The largest absolute Gasteiger partial charge is 0.361 e. The molecule has 0 saturated carbocycles. The van der Waals surface area contributed by atoms with Gasteiger partial charge in [0, 0.05) is 35.2 Å². The fraction of sp³-hybridized carbons (Fsp3) is 0.308. The summed E-state index contributed by atoms with van der Waals surface area (Å²) in [5, 5.41) is 13.9. The van der Waals surface area contributed by atoms with Gasteiger partial charge in [-0.1, -0.05) is 17.7 Å². The standard InChI is InChI=1S/C13H14ClN3/c1-9(5-15)6-16-7-10-8-17-13-4-11(14)2-3-12(10)13/h2-4,8-9,16-17H,6-7H2,1H3. The first-order valence-corrected chi connectivity index (χ1v) is 5.94. The number of H-pyrrole nitrogens is 1. The van der Waals surface area contributed by atoms with Crippen LogP contribution in [0.25, 0.3) is 10.9 Å². The van der Waals surface area contributed by atoms with Gasteiger partial charge in [0.25, 0.3) is 0 Å². The first kappa shape index (κ1) is 12.0. The third-order valence-corrected chi connectivity index (χ3v) is 2.95. The molecule has 2 rings (SSSR count). The Balaban J connectivity index is 2.07. The Bertz CT molecular complexity index is 553. The molecule has 0 fully saturated rings. The molecule has 0 aliphatic carbocycles. The molecule has 0 aliphatic heterocycles. The van der Waals surface area contributed by atoms with E-state index >= 15 is 0 Å². The molecule has 2 N–H and O–H groups in total. The van der Waals surface area contributed by atoms with Crippen LogP contribution in [0.1, 0.15) is 12.5 Å². The zero-order chi connectivity index (χ0) is 12.3. The lowest BCUT2D eigenvalue weighted by molar-refractivity contribution is 0.603. The average Bonchev–Trinajstić information content (AvgIpc) is 2.71. The molecule has 0 amide bonds. The molecule has 0 bridgehead atoms. The Kier molecular flexibility index (Phi) is 3.68. The maximum Gasteiger partial charge on any atom is 0.0666 e. The van der Waals surface area contributed by atoms with Gasteiger partial charge in [-0.05, 0) is 24.6 Å². The van der Waals surface area contributed by atoms with Crippen molar-refractivity contribution in [2.24, 2.45) is 5.92 Å². The van der Waals surface area contributed by atoms with Crippen molar-refractivity contribution in [3.63, 3.8) is 0 Å². The molecule has 1 aromatic carbocycles. The third-order valence-electron chi connectivity index (χ3n) is 2.72. The van der Waals surface area contributed by atoms with E-state index in [0.717, 1.165) is 17.1 Å². The summed E-state index contributed by atoms with van der Waals surface area (Å²) >= 11 is 5.92. The van der Waals surface area contributed by atoms with Gasteiger partial charge in [0.1, 0.15) is 0 Å². The molecule has 1 atom stereocenters. The highest BCUT2D eigenvalue weighted by atomic mass is 35.5. The van der Waals surface area contributed by atoms with E-state index in [1.807, 2.05) is 31.3 Å². The Morgan fingerprint density at radius 1 is 1.53 bits per heavy atom. The minimum atomic E-state index is 0.0367. The lowest BCUT2D eigenvalue weighted by Crippen LogP contribution is -2.19. The van der Waals surface area contributed by atoms with Gasteiger partial charge >= 0.3 is 0 Å². The summed E-state index contributed by atoms with van der Waals surface area (Å²) in [6, 6.07) is 8.02. The fourth-order valence-electron chi connectivity index (χ4n) is 1.77. The molecule has 0 radical (unpaired) electrons. The van der Waals surface area contributed by atoms with Crippen molar-refractivity contribution in [1.29, 1.82) is 5.26 Å². The highest BCUT2D eigenvalue weighted by Gasteiger charge is 2.04. The van der Waals surface area contributed by atoms with Crippen LogP contribution in [0.3, 0.4) is 0 Å². The Hall–Kier alpha value is -1.50. The van der Waals surface area contributed by atoms with Gasteiger partial charge in [-0.15, -0.1) is 0 Å². The van der Waals surface area contributed by atoms with E-state index in [1.165, 1.54) is 10.9 Å². The second kappa shape index (κ2) is 5.22. The van der Waals surface area contributed by atoms with Gasteiger partial charge in [0.05, 0.1) is 12.0 Å². The number of aromatic nitrogens is 1. The molecular weight excluding hydrogens is 234 g/mol. The van der Waals surface area contributed by atoms with Crippen LogP contribution in [-0.4, -0.2) is 11.5 Å². The van der Waals surface area contributed by atoms with Crippen molar-refractivity contribution in [2.75, 3.05) is 6.54 Å². The molecule has 88 valence electrons. The average molecular weight is 248 g/mol. The third kappa shape index (κ3) is 2.79. The predicted octanol–water partition coefficient (Wildman–Crippen LogP) is 3.07. The number of nitrogens with zero attached hydrogens (tertiary/aromatic N) is 1. The van der Waals surface area contributed by atoms with Crippen molar-refractivity contribution < 1.29 is 0 Å². The van der Waals surface area contributed by atoms with E-state index in [1.54, 1.807) is 0 Å². The molecule has 4 heteroatoms. The summed E-state index contributed by atoms with van der Waals surface area (Å²) in [7, 11) is 0. The normalized spacial score (nSPS) is 12.5. The minimum Gasteiger partial charge on any atom is -0.361 e. The zero-order valence-electron chi connectivity index (χ0n) is 9.63. The maximum atomic E-state index is 8.68. The topological polar surface area (TPSA) is 51.6 Å². The van der Waals surface area contributed by atoms with E-state index in [9.17, 15) is 0 Å². The van der Waals surface area contributed by atoms with Crippen LogP contribution >= 0.6 is 11.6 Å². The zero-order valence-corrected chi connectivity index (χ0v) is 10.4. The van der Waals surface area contributed by atoms with Crippen LogP contribution in [-0.2, 0) is 6.54 Å². The number of fused-ring (bicyclic) bond motifs is 1. The van der Waals surface area contributed by atoms with Gasteiger partial charge in [-0.3, -0.25) is 0 Å². The second-order valence-corrected chi connectivity index (χ2v) is 4.60. The smallest absolute Gasteiger partial charge is 0.0666 e. The first-order valence-electron chi connectivity index (χ1n) is 5.56. The quantitative estimate of drug-likeness (QED) is 0.873. The van der Waals surface area contributed by atoms with Crippen LogP contribution in [0.15, 0.2) is 24.4 Å². The fourth-order valence-corrected chi connectivity index (χ4v) is 1.95. The van der Waals surface area contributed by atoms with E-state index < -0.39 is 0 Å². The SMILES string of the molecule is CC(C#N)CNCc1c[nH]c2cc(Cl)ccc12. The van der Waals surface area contributed by atoms with Gasteiger partial charge < -0.3 is 10.3 Å². The molecular formula is C13H14ClN3. The molecule has 3 nitrogen and oxygen atoms in total. The van der Waals surface area contributed by atoms with Gasteiger partial charge in [0.15, 0.2) is 0 Å². The second-order valence-electron chi connectivity index (χ2n) is 4.16. The highest BCUT2D eigenvalue weighted by molar-refractivity contribution is 6.31. The predicted molar refractivity (Wildman–Crippen MR) is 69.8 cm³/mol. The summed E-state index contributed by atoms with van der Waals surface area (Å²) < 4.78 is 0. The van der Waals surface area contributed by atoms with Crippen molar-refractivity contribution in [2.45, 2.75) is 13.5 Å². The van der Waals surface area contributed by atoms with Crippen molar-refractivity contribution in [3.05, 3.63) is 35.0 Å². The van der Waals surface area contributed by atoms with Crippen LogP contribution in [0.4, 0.5) is 0 Å². The van der Waals surface area contributed by atoms with E-state index in [2.05, 4.69) is 16.4 Å². The van der Waals surface area contributed by atoms with Crippen LogP contribution in [0, 0.1) is 17.2 Å². The summed E-state index contributed by atoms with van der Waals surface area (Å²) in [4.78, 5) is 3.19. The summed E-state index contributed by atoms with van der Waals surface area (Å²) in [5.74, 6) is 0.0367. The van der Waals surface area contributed by atoms with E-state index in [-0.39, 0.29) is 5.92 Å². The number of halogens is 1. The lowest BCUT2D eigenvalue weighted by atomic mass is 10.1. The molecule has 1 aromatic heterocycles. The Morgan fingerprint density at radius 3 is 3.12 bits per heavy atom. The number of benzene rings is 1. The van der Waals surface area contributed by atoms with Gasteiger partial charge in [-0.25, -0.2) is 0 Å². The molecule has 1 heterocycles. The number of hydrogen-bond donors (Lipinski definition) is 2. The molecule has 0 spiro atoms. The number of nitriles is 1. The van der Waals surface area contributed by atoms with Crippen molar-refractivity contribution in [3.8, 4) is 6.07 Å². The Morgan fingerprint density at radius 2 is 2.35 bits per heavy atom. The Labute approximate surface area is 105 Å². The number of hydrogen-bond acceptors (Lipinski definition) is 2. The number of nitrogens with one attached hydrogen (secondary N) is 2. The summed E-state index contributed by atoms with van der Waals surface area (Å²) in [6.07, 6.45) is 1.98.